The summed E-state index contributed by atoms with van der Waals surface area (Å²) in [6.45, 7) is 6.16. The van der Waals surface area contributed by atoms with E-state index in [1.807, 2.05) is 46.0 Å². The average Bonchev–Trinajstić information content (AvgIpc) is 2.91. The second kappa shape index (κ2) is 8.37. The molecule has 2 heterocycles. The second-order valence-corrected chi connectivity index (χ2v) is 7.49. The summed E-state index contributed by atoms with van der Waals surface area (Å²) in [5, 5.41) is 13.4. The number of aryl methyl sites for hydroxylation is 2. The number of carbonyl (C=O) groups is 2. The van der Waals surface area contributed by atoms with Crippen LogP contribution in [0.2, 0.25) is 0 Å². The van der Waals surface area contributed by atoms with Gasteiger partial charge in [0.25, 0.3) is 0 Å². The van der Waals surface area contributed by atoms with Crippen molar-refractivity contribution in [2.75, 3.05) is 6.54 Å². The molecule has 0 radical (unpaired) electrons. The molecule has 0 bridgehead atoms. The van der Waals surface area contributed by atoms with E-state index in [0.717, 1.165) is 29.9 Å². The molecule has 3 rings (SSSR count). The zero-order valence-electron chi connectivity index (χ0n) is 16.0. The predicted molar refractivity (Wildman–Crippen MR) is 102 cm³/mol. The summed E-state index contributed by atoms with van der Waals surface area (Å²) in [5.74, 6) is -0.623. The van der Waals surface area contributed by atoms with Gasteiger partial charge in [-0.1, -0.05) is 44.2 Å². The molecule has 1 amide bonds. The fourth-order valence-corrected chi connectivity index (χ4v) is 3.74. The molecular weight excluding hydrogens is 342 g/mol. The van der Waals surface area contributed by atoms with E-state index < -0.39 is 5.97 Å². The summed E-state index contributed by atoms with van der Waals surface area (Å²) in [6, 6.07) is 11.9. The van der Waals surface area contributed by atoms with Crippen LogP contribution in [0.1, 0.15) is 49.6 Å². The van der Waals surface area contributed by atoms with Crippen molar-refractivity contribution in [1.29, 1.82) is 0 Å². The van der Waals surface area contributed by atoms with Gasteiger partial charge in [0.05, 0.1) is 30.3 Å². The van der Waals surface area contributed by atoms with Crippen LogP contribution >= 0.6 is 0 Å². The quantitative estimate of drug-likeness (QED) is 0.849. The molecular formula is C21H27N3O3. The minimum absolute atomic E-state index is 0.0720. The Morgan fingerprint density at radius 1 is 1.19 bits per heavy atom. The molecule has 0 aliphatic carbocycles. The number of fused-ring (bicyclic) bond motifs is 1. The number of nitrogens with zero attached hydrogens (tertiary/aromatic N) is 3. The van der Waals surface area contributed by atoms with E-state index in [4.69, 9.17) is 5.11 Å². The van der Waals surface area contributed by atoms with Crippen molar-refractivity contribution < 1.29 is 14.7 Å². The number of aliphatic carboxylic acids is 1. The van der Waals surface area contributed by atoms with Gasteiger partial charge in [-0.05, 0) is 24.0 Å². The Morgan fingerprint density at radius 2 is 1.93 bits per heavy atom. The third-order valence-corrected chi connectivity index (χ3v) is 5.06. The third-order valence-electron chi connectivity index (χ3n) is 5.06. The first-order valence-electron chi connectivity index (χ1n) is 9.57. The second-order valence-electron chi connectivity index (χ2n) is 7.49. The van der Waals surface area contributed by atoms with Crippen LogP contribution in [-0.2, 0) is 29.1 Å². The van der Waals surface area contributed by atoms with E-state index in [-0.39, 0.29) is 24.2 Å². The maximum atomic E-state index is 13.3. The van der Waals surface area contributed by atoms with Crippen molar-refractivity contribution in [3.63, 3.8) is 0 Å². The maximum absolute atomic E-state index is 13.3. The lowest BCUT2D eigenvalue weighted by molar-refractivity contribution is -0.137. The number of carboxylic acids is 1. The first-order chi connectivity index (χ1) is 13.0. The number of hydrogen-bond donors (Lipinski definition) is 1. The molecule has 6 heteroatoms. The van der Waals surface area contributed by atoms with Gasteiger partial charge in [-0.3, -0.25) is 14.3 Å². The highest BCUT2D eigenvalue weighted by atomic mass is 16.4. The Hall–Kier alpha value is -2.63. The van der Waals surface area contributed by atoms with Gasteiger partial charge in [0.1, 0.15) is 0 Å². The maximum Gasteiger partial charge on any atom is 0.303 e. The van der Waals surface area contributed by atoms with Gasteiger partial charge in [0.15, 0.2) is 0 Å². The Kier molecular flexibility index (Phi) is 5.94. The number of hydrogen-bond acceptors (Lipinski definition) is 3. The Bertz CT molecular complexity index is 798. The van der Waals surface area contributed by atoms with Crippen LogP contribution in [0.5, 0.6) is 0 Å². The average molecular weight is 369 g/mol. The largest absolute Gasteiger partial charge is 0.481 e. The van der Waals surface area contributed by atoms with Crippen LogP contribution in [0.15, 0.2) is 36.4 Å². The first kappa shape index (κ1) is 19.1. The van der Waals surface area contributed by atoms with Crippen molar-refractivity contribution in [3.8, 4) is 0 Å². The van der Waals surface area contributed by atoms with Crippen molar-refractivity contribution in [2.24, 2.45) is 5.92 Å². The third kappa shape index (κ3) is 4.56. The smallest absolute Gasteiger partial charge is 0.303 e. The fourth-order valence-electron chi connectivity index (χ4n) is 3.74. The number of carboxylic acid groups (broad SMARTS) is 1. The summed E-state index contributed by atoms with van der Waals surface area (Å²) >= 11 is 0. The topological polar surface area (TPSA) is 75.4 Å². The SMILES string of the molecule is CC(C)[C@@H](C(=O)N1CCCn2nc(CCC(=O)O)cc2C1)c1ccccc1. The lowest BCUT2D eigenvalue weighted by Gasteiger charge is -2.28. The van der Waals surface area contributed by atoms with Gasteiger partial charge < -0.3 is 10.0 Å². The molecule has 0 spiro atoms. The minimum Gasteiger partial charge on any atom is -0.481 e. The Labute approximate surface area is 159 Å². The van der Waals surface area contributed by atoms with E-state index in [1.165, 1.54) is 0 Å². The van der Waals surface area contributed by atoms with Crippen molar-refractivity contribution in [1.82, 2.24) is 14.7 Å². The minimum atomic E-state index is -0.822. The summed E-state index contributed by atoms with van der Waals surface area (Å²) in [6.07, 6.45) is 1.34. The molecule has 0 unspecified atom stereocenters. The van der Waals surface area contributed by atoms with Gasteiger partial charge in [0.2, 0.25) is 5.91 Å². The summed E-state index contributed by atoms with van der Waals surface area (Å²) in [5.41, 5.74) is 2.82. The van der Waals surface area contributed by atoms with Crippen LogP contribution in [0, 0.1) is 5.92 Å². The van der Waals surface area contributed by atoms with E-state index in [1.54, 1.807) is 0 Å². The molecule has 1 N–H and O–H groups in total. The van der Waals surface area contributed by atoms with E-state index >= 15 is 0 Å². The number of aromatic nitrogens is 2. The van der Waals surface area contributed by atoms with Crippen molar-refractivity contribution in [2.45, 2.75) is 52.1 Å². The van der Waals surface area contributed by atoms with Gasteiger partial charge >= 0.3 is 5.97 Å². The van der Waals surface area contributed by atoms with Crippen molar-refractivity contribution in [3.05, 3.63) is 53.3 Å². The molecule has 0 fully saturated rings. The Morgan fingerprint density at radius 3 is 2.59 bits per heavy atom. The number of benzene rings is 1. The molecule has 2 aromatic rings. The summed E-state index contributed by atoms with van der Waals surface area (Å²) < 4.78 is 1.93. The van der Waals surface area contributed by atoms with Crippen molar-refractivity contribution >= 4 is 11.9 Å². The zero-order chi connectivity index (χ0) is 19.4. The Balaban J connectivity index is 1.78. The zero-order valence-corrected chi connectivity index (χ0v) is 16.0. The highest BCUT2D eigenvalue weighted by Crippen LogP contribution is 2.28. The molecule has 1 aromatic carbocycles. The molecule has 144 valence electrons. The molecule has 27 heavy (non-hydrogen) atoms. The summed E-state index contributed by atoms with van der Waals surface area (Å²) in [7, 11) is 0. The number of rotatable bonds is 6. The van der Waals surface area contributed by atoms with E-state index in [9.17, 15) is 9.59 Å². The molecule has 1 aromatic heterocycles. The standard InChI is InChI=1S/C21H27N3O3/c1-15(2)20(16-7-4-3-5-8-16)21(27)23-11-6-12-24-18(14-23)13-17(22-24)9-10-19(25)26/h3-5,7-8,13,15,20H,6,9-12,14H2,1-2H3,(H,25,26)/t20-/m1/s1. The first-order valence-corrected chi connectivity index (χ1v) is 9.57. The summed E-state index contributed by atoms with van der Waals surface area (Å²) in [4.78, 5) is 26.1. The molecule has 0 saturated carbocycles. The number of amides is 1. The monoisotopic (exact) mass is 369 g/mol. The van der Waals surface area contributed by atoms with E-state index in [0.29, 0.717) is 19.5 Å². The van der Waals surface area contributed by atoms with Gasteiger partial charge in [-0.15, -0.1) is 0 Å². The van der Waals surface area contributed by atoms with E-state index in [2.05, 4.69) is 18.9 Å². The molecule has 1 aliphatic rings. The number of carbonyl (C=O) groups excluding carboxylic acids is 1. The van der Waals surface area contributed by atoms with Crippen LogP contribution < -0.4 is 0 Å². The highest BCUT2D eigenvalue weighted by Gasteiger charge is 2.30. The molecule has 1 atom stereocenters. The lowest BCUT2D eigenvalue weighted by Crippen LogP contribution is -2.36. The van der Waals surface area contributed by atoms with Gasteiger partial charge in [-0.2, -0.15) is 5.10 Å². The van der Waals surface area contributed by atoms with Crippen LogP contribution in [0.25, 0.3) is 0 Å². The van der Waals surface area contributed by atoms with Crippen LogP contribution in [0.3, 0.4) is 0 Å². The van der Waals surface area contributed by atoms with Crippen LogP contribution in [0.4, 0.5) is 0 Å². The highest BCUT2D eigenvalue weighted by molar-refractivity contribution is 5.84. The van der Waals surface area contributed by atoms with Gasteiger partial charge in [-0.25, -0.2) is 0 Å². The molecule has 1 aliphatic heterocycles. The lowest BCUT2D eigenvalue weighted by atomic mass is 9.87. The van der Waals surface area contributed by atoms with Gasteiger partial charge in [0, 0.05) is 19.5 Å². The van der Waals surface area contributed by atoms with Crippen LogP contribution in [-0.4, -0.2) is 38.2 Å². The molecule has 6 nitrogen and oxygen atoms in total. The fraction of sp³-hybridized carbons (Fsp3) is 0.476. The predicted octanol–water partition coefficient (Wildman–Crippen LogP) is 3.07. The normalized spacial score (nSPS) is 15.3. The molecule has 0 saturated heterocycles.